The summed E-state index contributed by atoms with van der Waals surface area (Å²) in [6.07, 6.45) is 1.64. The Morgan fingerprint density at radius 2 is 1.91 bits per heavy atom. The third-order valence-electron chi connectivity index (χ3n) is 1.22. The fourth-order valence-corrected chi connectivity index (χ4v) is 1.07. The Kier molecular flexibility index (Phi) is 3.09. The van der Waals surface area contributed by atoms with Crippen molar-refractivity contribution in [1.29, 1.82) is 0 Å². The smallest absolute Gasteiger partial charge is 0.211 e. The maximum absolute atomic E-state index is 10.3. The van der Waals surface area contributed by atoms with E-state index in [0.29, 0.717) is 0 Å². The van der Waals surface area contributed by atoms with Crippen LogP contribution in [0, 0.1) is 0 Å². The summed E-state index contributed by atoms with van der Waals surface area (Å²) in [6, 6.07) is 9.42. The molecule has 0 heterocycles. The van der Waals surface area contributed by atoms with Crippen LogP contribution >= 0.6 is 8.03 Å². The Morgan fingerprint density at radius 1 is 1.27 bits per heavy atom. The molecule has 0 saturated carbocycles. The summed E-state index contributed by atoms with van der Waals surface area (Å²) in [5.41, 5.74) is 0.944. The lowest BCUT2D eigenvalue weighted by Crippen LogP contribution is -1.65. The predicted molar refractivity (Wildman–Crippen MR) is 46.7 cm³/mol. The Morgan fingerprint density at radius 3 is 2.45 bits per heavy atom. The predicted octanol–water partition coefficient (Wildman–Crippen LogP) is 2.12. The molecule has 1 aromatic carbocycles. The molecule has 2 nitrogen and oxygen atoms in total. The Labute approximate surface area is 66.1 Å². The van der Waals surface area contributed by atoms with Crippen LogP contribution in [-0.2, 0) is 4.57 Å². The number of rotatable bonds is 2. The molecule has 58 valence electrons. The third-order valence-corrected chi connectivity index (χ3v) is 1.67. The monoisotopic (exact) mass is 168 g/mol. The Balaban J connectivity index is 2.72. The molecule has 0 fully saturated rings. The zero-order chi connectivity index (χ0) is 8.10. The largest absolute Gasteiger partial charge is 0.343 e. The van der Waals surface area contributed by atoms with Crippen molar-refractivity contribution in [2.24, 2.45) is 0 Å². The van der Waals surface area contributed by atoms with E-state index in [1.54, 1.807) is 6.08 Å². The Bertz CT molecular complexity index is 267. The lowest BCUT2D eigenvalue weighted by Gasteiger charge is -1.88. The van der Waals surface area contributed by atoms with E-state index < -0.39 is 8.03 Å². The molecule has 11 heavy (non-hydrogen) atoms. The molecule has 0 aromatic heterocycles. The average Bonchev–Trinajstić information content (AvgIpc) is 2.03. The second-order valence-corrected chi connectivity index (χ2v) is 3.09. The first-order valence-electron chi connectivity index (χ1n) is 3.25. The number of hydrogen-bond donors (Lipinski definition) is 1. The van der Waals surface area contributed by atoms with Crippen molar-refractivity contribution < 1.29 is 9.46 Å². The molecule has 0 spiro atoms. The van der Waals surface area contributed by atoms with Crippen molar-refractivity contribution in [2.45, 2.75) is 0 Å². The van der Waals surface area contributed by atoms with E-state index in [4.69, 9.17) is 4.89 Å². The summed E-state index contributed by atoms with van der Waals surface area (Å²) in [5.74, 6) is 1.31. The van der Waals surface area contributed by atoms with Gasteiger partial charge in [-0.2, -0.15) is 0 Å². The first-order valence-corrected chi connectivity index (χ1v) is 4.68. The van der Waals surface area contributed by atoms with E-state index in [2.05, 4.69) is 0 Å². The molecule has 1 unspecified atom stereocenters. The van der Waals surface area contributed by atoms with E-state index >= 15 is 0 Å². The molecular weight excluding hydrogens is 159 g/mol. The molecule has 1 aromatic rings. The van der Waals surface area contributed by atoms with Gasteiger partial charge in [-0.05, 0) is 17.5 Å². The first-order chi connectivity index (χ1) is 5.29. The summed E-state index contributed by atoms with van der Waals surface area (Å²) >= 11 is 0. The van der Waals surface area contributed by atoms with Gasteiger partial charge in [-0.1, -0.05) is 30.3 Å². The molecule has 1 atom stereocenters. The van der Waals surface area contributed by atoms with E-state index in [0.717, 1.165) is 5.56 Å². The third kappa shape index (κ3) is 3.17. The summed E-state index contributed by atoms with van der Waals surface area (Å²) in [7, 11) is -2.46. The normalized spacial score (nSPS) is 13.5. The summed E-state index contributed by atoms with van der Waals surface area (Å²) in [5, 5.41) is 0. The standard InChI is InChI=1S/C8H9O2P/c9-11(10)7-6-8-4-2-1-3-5-8/h1-7,11H,(H,9,10). The van der Waals surface area contributed by atoms with Crippen LogP contribution < -0.4 is 0 Å². The second kappa shape index (κ2) is 4.12. The molecule has 1 rings (SSSR count). The van der Waals surface area contributed by atoms with Crippen molar-refractivity contribution >= 4 is 14.1 Å². The van der Waals surface area contributed by atoms with Crippen molar-refractivity contribution in [2.75, 3.05) is 0 Å². The maximum Gasteiger partial charge on any atom is 0.211 e. The average molecular weight is 168 g/mol. The van der Waals surface area contributed by atoms with Gasteiger partial charge in [0.2, 0.25) is 8.03 Å². The summed E-state index contributed by atoms with van der Waals surface area (Å²) < 4.78 is 10.3. The number of benzene rings is 1. The molecule has 0 saturated heterocycles. The summed E-state index contributed by atoms with van der Waals surface area (Å²) in [4.78, 5) is 8.47. The highest BCUT2D eigenvalue weighted by Gasteiger charge is 1.83. The van der Waals surface area contributed by atoms with Crippen LogP contribution in [-0.4, -0.2) is 4.89 Å². The van der Waals surface area contributed by atoms with Crippen molar-refractivity contribution in [3.8, 4) is 0 Å². The molecule has 0 radical (unpaired) electrons. The van der Waals surface area contributed by atoms with Crippen LogP contribution in [0.5, 0.6) is 0 Å². The van der Waals surface area contributed by atoms with Crippen molar-refractivity contribution in [3.05, 3.63) is 41.7 Å². The molecule has 0 aliphatic rings. The van der Waals surface area contributed by atoms with Gasteiger partial charge >= 0.3 is 0 Å². The van der Waals surface area contributed by atoms with Gasteiger partial charge in [0.25, 0.3) is 0 Å². The van der Waals surface area contributed by atoms with Gasteiger partial charge in [0.05, 0.1) is 0 Å². The zero-order valence-corrected chi connectivity index (χ0v) is 6.90. The summed E-state index contributed by atoms with van der Waals surface area (Å²) in [6.45, 7) is 0. The minimum absolute atomic E-state index is 0.944. The van der Waals surface area contributed by atoms with Crippen LogP contribution in [0.25, 0.3) is 6.08 Å². The van der Waals surface area contributed by atoms with Gasteiger partial charge in [-0.15, -0.1) is 0 Å². The van der Waals surface area contributed by atoms with Crippen molar-refractivity contribution in [1.82, 2.24) is 0 Å². The quantitative estimate of drug-likeness (QED) is 0.687. The zero-order valence-electron chi connectivity index (χ0n) is 5.90. The SMILES string of the molecule is O=[PH](O)C=Cc1ccccc1. The molecule has 3 heteroatoms. The van der Waals surface area contributed by atoms with Crippen LogP contribution in [0.1, 0.15) is 5.56 Å². The highest BCUT2D eigenvalue weighted by molar-refractivity contribution is 7.41. The fraction of sp³-hybridized carbons (Fsp3) is 0. The molecule has 0 amide bonds. The molecule has 0 aliphatic carbocycles. The topological polar surface area (TPSA) is 37.3 Å². The molecule has 0 bridgehead atoms. The second-order valence-electron chi connectivity index (χ2n) is 2.08. The maximum atomic E-state index is 10.3. The van der Waals surface area contributed by atoms with Crippen LogP contribution in [0.4, 0.5) is 0 Å². The highest BCUT2D eigenvalue weighted by Crippen LogP contribution is 2.16. The van der Waals surface area contributed by atoms with Crippen LogP contribution in [0.2, 0.25) is 0 Å². The molecule has 1 N–H and O–H groups in total. The molecule has 0 aliphatic heterocycles. The van der Waals surface area contributed by atoms with E-state index in [9.17, 15) is 4.57 Å². The van der Waals surface area contributed by atoms with E-state index in [1.807, 2.05) is 30.3 Å². The highest BCUT2D eigenvalue weighted by atomic mass is 31.1. The lowest BCUT2D eigenvalue weighted by molar-refractivity contribution is 0.513. The fourth-order valence-electron chi connectivity index (χ4n) is 0.732. The minimum atomic E-state index is -2.46. The number of hydrogen-bond acceptors (Lipinski definition) is 1. The van der Waals surface area contributed by atoms with Gasteiger partial charge in [-0.3, -0.25) is 4.57 Å². The minimum Gasteiger partial charge on any atom is -0.343 e. The first kappa shape index (κ1) is 8.25. The van der Waals surface area contributed by atoms with Crippen LogP contribution in [0.15, 0.2) is 36.1 Å². The molecular formula is C8H9O2P. The van der Waals surface area contributed by atoms with Gasteiger partial charge in [0.1, 0.15) is 0 Å². The van der Waals surface area contributed by atoms with Gasteiger partial charge < -0.3 is 4.89 Å². The van der Waals surface area contributed by atoms with Gasteiger partial charge in [0, 0.05) is 0 Å². The van der Waals surface area contributed by atoms with Gasteiger partial charge in [0.15, 0.2) is 0 Å². The Hall–Kier alpha value is -0.850. The lowest BCUT2D eigenvalue weighted by atomic mass is 10.2. The van der Waals surface area contributed by atoms with E-state index in [-0.39, 0.29) is 0 Å². The van der Waals surface area contributed by atoms with Crippen LogP contribution in [0.3, 0.4) is 0 Å². The van der Waals surface area contributed by atoms with Gasteiger partial charge in [-0.25, -0.2) is 0 Å². The van der Waals surface area contributed by atoms with E-state index in [1.165, 1.54) is 5.82 Å². The van der Waals surface area contributed by atoms with Crippen molar-refractivity contribution in [3.63, 3.8) is 0 Å².